The van der Waals surface area contributed by atoms with Crippen LogP contribution in [-0.4, -0.2) is 8.80 Å². The molecule has 0 radical (unpaired) electrons. The van der Waals surface area contributed by atoms with E-state index in [2.05, 4.69) is 6.55 Å². The fourth-order valence-corrected chi connectivity index (χ4v) is 2.86. The molecule has 2 rings (SSSR count). The highest BCUT2D eigenvalue weighted by Gasteiger charge is 2.15. The van der Waals surface area contributed by atoms with Gasteiger partial charge in [0.2, 0.25) is 0 Å². The molecular weight excluding hydrogens is 168 g/mol. The largest absolute Gasteiger partial charge is 0.474 e. The fraction of sp³-hybridized carbons (Fsp3) is 0.111. The van der Waals surface area contributed by atoms with Crippen LogP contribution in [0.15, 0.2) is 45.6 Å². The van der Waals surface area contributed by atoms with Crippen molar-refractivity contribution in [3.63, 3.8) is 0 Å². The van der Waals surface area contributed by atoms with Gasteiger partial charge in [-0.25, -0.2) is 0 Å². The van der Waals surface area contributed by atoms with E-state index in [0.717, 1.165) is 10.8 Å². The van der Waals surface area contributed by atoms with E-state index in [0.29, 0.717) is 0 Å². The maximum atomic E-state index is 5.32. The fourth-order valence-electron chi connectivity index (χ4n) is 1.22. The average Bonchev–Trinajstić information content (AvgIpc) is 2.77. The lowest BCUT2D eigenvalue weighted by Crippen LogP contribution is -2.37. The topological polar surface area (TPSA) is 26.3 Å². The first-order valence-electron chi connectivity index (χ1n) is 3.95. The van der Waals surface area contributed by atoms with Crippen LogP contribution in [0.2, 0.25) is 6.55 Å². The Morgan fingerprint density at radius 2 is 1.50 bits per heavy atom. The molecule has 0 fully saturated rings. The Labute approximate surface area is 72.4 Å². The van der Waals surface area contributed by atoms with Crippen molar-refractivity contribution >= 4 is 19.6 Å². The highest BCUT2D eigenvalue weighted by Crippen LogP contribution is 1.92. The Kier molecular flexibility index (Phi) is 1.87. The Balaban J connectivity index is 2.27. The van der Waals surface area contributed by atoms with Gasteiger partial charge in [0, 0.05) is 0 Å². The van der Waals surface area contributed by atoms with Crippen LogP contribution in [0.25, 0.3) is 0 Å². The van der Waals surface area contributed by atoms with E-state index in [-0.39, 0.29) is 0 Å². The van der Waals surface area contributed by atoms with Crippen LogP contribution in [0.1, 0.15) is 0 Å². The molecule has 0 aliphatic heterocycles. The minimum atomic E-state index is -1.15. The van der Waals surface area contributed by atoms with Gasteiger partial charge in [0.15, 0.2) is 8.80 Å². The highest BCUT2D eigenvalue weighted by molar-refractivity contribution is 6.82. The van der Waals surface area contributed by atoms with Gasteiger partial charge in [-0.05, 0) is 24.3 Å². The smallest absolute Gasteiger partial charge is 0.189 e. The monoisotopic (exact) mass is 178 g/mol. The van der Waals surface area contributed by atoms with Gasteiger partial charge in [-0.3, -0.25) is 0 Å². The molecule has 2 nitrogen and oxygen atoms in total. The molecule has 2 aromatic heterocycles. The summed E-state index contributed by atoms with van der Waals surface area (Å²) in [5, 5.41) is 2.15. The highest BCUT2D eigenvalue weighted by atomic mass is 28.3. The first kappa shape index (κ1) is 7.43. The second kappa shape index (κ2) is 3.03. The van der Waals surface area contributed by atoms with Crippen LogP contribution in [-0.2, 0) is 0 Å². The van der Waals surface area contributed by atoms with E-state index < -0.39 is 8.80 Å². The molecule has 0 saturated carbocycles. The second-order valence-electron chi connectivity index (χ2n) is 2.75. The quantitative estimate of drug-likeness (QED) is 0.637. The molecule has 0 spiro atoms. The minimum absolute atomic E-state index is 1.07. The molecule has 3 heteroatoms. The lowest BCUT2D eigenvalue weighted by molar-refractivity contribution is 0.587. The third kappa shape index (κ3) is 1.23. The normalized spacial score (nSPS) is 10.8. The lowest BCUT2D eigenvalue weighted by atomic mass is 10.7. The van der Waals surface area contributed by atoms with Crippen molar-refractivity contribution < 1.29 is 8.83 Å². The van der Waals surface area contributed by atoms with Gasteiger partial charge < -0.3 is 8.83 Å². The molecule has 62 valence electrons. The zero-order valence-corrected chi connectivity index (χ0v) is 8.01. The number of hydrogen-bond acceptors (Lipinski definition) is 2. The van der Waals surface area contributed by atoms with Crippen LogP contribution >= 0.6 is 0 Å². The summed E-state index contributed by atoms with van der Waals surface area (Å²) >= 11 is 0. The van der Waals surface area contributed by atoms with E-state index in [1.54, 1.807) is 12.5 Å². The SMILES string of the molecule is C[SiH](c1ccco1)c1ccco1. The summed E-state index contributed by atoms with van der Waals surface area (Å²) in [6, 6.07) is 7.86. The van der Waals surface area contributed by atoms with Gasteiger partial charge >= 0.3 is 0 Å². The van der Waals surface area contributed by atoms with Crippen molar-refractivity contribution in [2.75, 3.05) is 0 Å². The number of hydrogen-bond donors (Lipinski definition) is 0. The summed E-state index contributed by atoms with van der Waals surface area (Å²) in [4.78, 5) is 0. The van der Waals surface area contributed by atoms with Gasteiger partial charge in [0.05, 0.1) is 23.3 Å². The van der Waals surface area contributed by atoms with E-state index in [1.807, 2.05) is 24.3 Å². The maximum absolute atomic E-state index is 5.32. The molecule has 12 heavy (non-hydrogen) atoms. The summed E-state index contributed by atoms with van der Waals surface area (Å²) in [5.74, 6) is 0. The Morgan fingerprint density at radius 1 is 1.00 bits per heavy atom. The molecule has 2 aromatic rings. The van der Waals surface area contributed by atoms with Crippen LogP contribution in [0.3, 0.4) is 0 Å². The molecule has 0 aliphatic carbocycles. The van der Waals surface area contributed by atoms with E-state index in [1.165, 1.54) is 0 Å². The number of furan rings is 2. The Bertz CT molecular complexity index is 289. The lowest BCUT2D eigenvalue weighted by Gasteiger charge is -2.00. The molecule has 0 unspecified atom stereocenters. The predicted molar refractivity (Wildman–Crippen MR) is 49.7 cm³/mol. The minimum Gasteiger partial charge on any atom is -0.474 e. The maximum Gasteiger partial charge on any atom is 0.189 e. The van der Waals surface area contributed by atoms with Crippen molar-refractivity contribution in [2.45, 2.75) is 6.55 Å². The van der Waals surface area contributed by atoms with Gasteiger partial charge in [0.25, 0.3) is 0 Å². The van der Waals surface area contributed by atoms with Crippen molar-refractivity contribution in [1.29, 1.82) is 0 Å². The number of rotatable bonds is 2. The standard InChI is InChI=1S/C9H10O2Si/c1-12(8-4-2-6-10-8)9-5-3-7-11-9/h2-7,12H,1H3. The molecular formula is C9H10O2Si. The summed E-state index contributed by atoms with van der Waals surface area (Å²) in [6.07, 6.45) is 3.42. The Morgan fingerprint density at radius 3 is 1.83 bits per heavy atom. The third-order valence-corrected chi connectivity index (χ3v) is 4.30. The van der Waals surface area contributed by atoms with Gasteiger partial charge in [0.1, 0.15) is 0 Å². The predicted octanol–water partition coefficient (Wildman–Crippen LogP) is 0.844. The van der Waals surface area contributed by atoms with Crippen molar-refractivity contribution in [3.05, 3.63) is 36.8 Å². The average molecular weight is 178 g/mol. The molecule has 0 atom stereocenters. The zero-order valence-electron chi connectivity index (χ0n) is 6.86. The van der Waals surface area contributed by atoms with Gasteiger partial charge in [-0.15, -0.1) is 0 Å². The molecule has 2 heterocycles. The van der Waals surface area contributed by atoms with E-state index in [4.69, 9.17) is 8.83 Å². The van der Waals surface area contributed by atoms with Crippen molar-refractivity contribution in [3.8, 4) is 0 Å². The van der Waals surface area contributed by atoms with E-state index in [9.17, 15) is 0 Å². The van der Waals surface area contributed by atoms with Gasteiger partial charge in [-0.1, -0.05) is 6.55 Å². The van der Waals surface area contributed by atoms with Crippen LogP contribution in [0.4, 0.5) is 0 Å². The first-order chi connectivity index (χ1) is 5.88. The molecule has 0 aromatic carbocycles. The van der Waals surface area contributed by atoms with Gasteiger partial charge in [-0.2, -0.15) is 0 Å². The second-order valence-corrected chi connectivity index (χ2v) is 5.33. The molecule has 0 bridgehead atoms. The molecule has 0 amide bonds. The van der Waals surface area contributed by atoms with Crippen molar-refractivity contribution in [1.82, 2.24) is 0 Å². The molecule has 0 saturated heterocycles. The summed E-state index contributed by atoms with van der Waals surface area (Å²) < 4.78 is 10.6. The van der Waals surface area contributed by atoms with E-state index >= 15 is 0 Å². The third-order valence-electron chi connectivity index (χ3n) is 1.94. The summed E-state index contributed by atoms with van der Waals surface area (Å²) in [7, 11) is -1.15. The van der Waals surface area contributed by atoms with Crippen LogP contribution < -0.4 is 10.8 Å². The first-order valence-corrected chi connectivity index (χ1v) is 6.25. The Hall–Kier alpha value is -1.22. The molecule has 0 aliphatic rings. The van der Waals surface area contributed by atoms with Crippen molar-refractivity contribution in [2.24, 2.45) is 0 Å². The zero-order chi connectivity index (χ0) is 8.39. The molecule has 0 N–H and O–H groups in total. The summed E-state index contributed by atoms with van der Waals surface area (Å²) in [6.45, 7) is 2.19. The van der Waals surface area contributed by atoms with Crippen LogP contribution in [0.5, 0.6) is 0 Å². The van der Waals surface area contributed by atoms with Crippen LogP contribution in [0, 0.1) is 0 Å². The summed E-state index contributed by atoms with van der Waals surface area (Å²) in [5.41, 5.74) is 0.